The SMILES string of the molecule is CCNC(=O)Nc1ccc(C(=O)O)cc1C. The summed E-state index contributed by atoms with van der Waals surface area (Å²) >= 11 is 0. The van der Waals surface area contributed by atoms with Crippen LogP contribution in [0, 0.1) is 6.92 Å². The molecule has 1 aromatic rings. The first-order valence-corrected chi connectivity index (χ1v) is 4.93. The molecule has 2 amide bonds. The van der Waals surface area contributed by atoms with E-state index in [9.17, 15) is 9.59 Å². The molecule has 0 spiro atoms. The molecule has 16 heavy (non-hydrogen) atoms. The van der Waals surface area contributed by atoms with E-state index in [1.807, 2.05) is 6.92 Å². The number of nitrogens with one attached hydrogen (secondary N) is 2. The molecule has 0 atom stereocenters. The molecule has 1 aromatic carbocycles. The summed E-state index contributed by atoms with van der Waals surface area (Å²) in [5, 5.41) is 14.0. The molecular formula is C11H14N2O3. The summed E-state index contributed by atoms with van der Waals surface area (Å²) in [5.41, 5.74) is 1.53. The second kappa shape index (κ2) is 5.16. The topological polar surface area (TPSA) is 78.4 Å². The van der Waals surface area contributed by atoms with Crippen LogP contribution in [0.5, 0.6) is 0 Å². The van der Waals surface area contributed by atoms with Crippen LogP contribution in [0.25, 0.3) is 0 Å². The largest absolute Gasteiger partial charge is 0.478 e. The number of carbonyl (C=O) groups is 2. The van der Waals surface area contributed by atoms with E-state index in [4.69, 9.17) is 5.11 Å². The quantitative estimate of drug-likeness (QED) is 0.730. The van der Waals surface area contributed by atoms with Crippen LogP contribution in [-0.2, 0) is 0 Å². The first-order chi connectivity index (χ1) is 7.54. The van der Waals surface area contributed by atoms with Crippen LogP contribution < -0.4 is 10.6 Å². The van der Waals surface area contributed by atoms with E-state index >= 15 is 0 Å². The highest BCUT2D eigenvalue weighted by Gasteiger charge is 2.07. The maximum absolute atomic E-state index is 11.2. The molecule has 0 fully saturated rings. The molecule has 1 rings (SSSR count). The fraction of sp³-hybridized carbons (Fsp3) is 0.273. The smallest absolute Gasteiger partial charge is 0.335 e. The molecule has 0 saturated heterocycles. The predicted molar refractivity (Wildman–Crippen MR) is 60.8 cm³/mol. The van der Waals surface area contributed by atoms with Crippen molar-refractivity contribution in [1.29, 1.82) is 0 Å². The summed E-state index contributed by atoms with van der Waals surface area (Å²) in [6.07, 6.45) is 0. The second-order valence-electron chi connectivity index (χ2n) is 3.32. The van der Waals surface area contributed by atoms with Crippen molar-refractivity contribution in [3.8, 4) is 0 Å². The average Bonchev–Trinajstić information content (AvgIpc) is 2.21. The predicted octanol–water partition coefficient (Wildman–Crippen LogP) is 1.83. The Morgan fingerprint density at radius 2 is 2.06 bits per heavy atom. The van der Waals surface area contributed by atoms with Gasteiger partial charge in [-0.15, -0.1) is 0 Å². The third kappa shape index (κ3) is 2.98. The highest BCUT2D eigenvalue weighted by atomic mass is 16.4. The Morgan fingerprint density at radius 1 is 1.38 bits per heavy atom. The minimum absolute atomic E-state index is 0.207. The van der Waals surface area contributed by atoms with Gasteiger partial charge in [0.05, 0.1) is 5.56 Å². The molecule has 5 nitrogen and oxygen atoms in total. The van der Waals surface area contributed by atoms with Gasteiger partial charge in [-0.1, -0.05) is 0 Å². The van der Waals surface area contributed by atoms with Gasteiger partial charge in [-0.05, 0) is 37.6 Å². The maximum Gasteiger partial charge on any atom is 0.335 e. The molecule has 0 saturated carbocycles. The first-order valence-electron chi connectivity index (χ1n) is 4.93. The molecule has 0 aromatic heterocycles. The van der Waals surface area contributed by atoms with Gasteiger partial charge in [0.25, 0.3) is 0 Å². The van der Waals surface area contributed by atoms with Crippen LogP contribution in [0.1, 0.15) is 22.8 Å². The molecule has 0 heterocycles. The Hall–Kier alpha value is -2.04. The summed E-state index contributed by atoms with van der Waals surface area (Å²) in [4.78, 5) is 21.9. The van der Waals surface area contributed by atoms with Crippen LogP contribution in [0.2, 0.25) is 0 Å². The molecule has 0 bridgehead atoms. The number of benzene rings is 1. The Labute approximate surface area is 93.5 Å². The number of hydrogen-bond donors (Lipinski definition) is 3. The number of rotatable bonds is 3. The molecule has 0 aliphatic rings. The van der Waals surface area contributed by atoms with Crippen LogP contribution in [0.4, 0.5) is 10.5 Å². The lowest BCUT2D eigenvalue weighted by Gasteiger charge is -2.09. The maximum atomic E-state index is 11.2. The highest BCUT2D eigenvalue weighted by molar-refractivity contribution is 5.92. The van der Waals surface area contributed by atoms with Gasteiger partial charge in [-0.2, -0.15) is 0 Å². The van der Waals surface area contributed by atoms with Gasteiger partial charge in [0, 0.05) is 12.2 Å². The zero-order valence-corrected chi connectivity index (χ0v) is 9.20. The number of amides is 2. The van der Waals surface area contributed by atoms with Gasteiger partial charge in [-0.3, -0.25) is 0 Å². The normalized spacial score (nSPS) is 9.62. The van der Waals surface area contributed by atoms with E-state index in [0.717, 1.165) is 0 Å². The number of aromatic carboxylic acids is 1. The van der Waals surface area contributed by atoms with Crippen LogP contribution in [0.3, 0.4) is 0 Å². The lowest BCUT2D eigenvalue weighted by atomic mass is 10.1. The monoisotopic (exact) mass is 222 g/mol. The third-order valence-electron chi connectivity index (χ3n) is 2.06. The Balaban J connectivity index is 2.83. The number of aryl methyl sites for hydroxylation is 1. The zero-order chi connectivity index (χ0) is 12.1. The van der Waals surface area contributed by atoms with Gasteiger partial charge in [0.2, 0.25) is 0 Å². The zero-order valence-electron chi connectivity index (χ0n) is 9.20. The second-order valence-corrected chi connectivity index (χ2v) is 3.32. The molecular weight excluding hydrogens is 208 g/mol. The summed E-state index contributed by atoms with van der Waals surface area (Å²) in [6, 6.07) is 4.25. The fourth-order valence-electron chi connectivity index (χ4n) is 1.26. The summed E-state index contributed by atoms with van der Waals surface area (Å²) in [6.45, 7) is 4.10. The number of urea groups is 1. The van der Waals surface area contributed by atoms with Crippen molar-refractivity contribution in [2.45, 2.75) is 13.8 Å². The molecule has 0 aliphatic carbocycles. The molecule has 86 valence electrons. The molecule has 3 N–H and O–H groups in total. The van der Waals surface area contributed by atoms with E-state index in [2.05, 4.69) is 10.6 Å². The van der Waals surface area contributed by atoms with Gasteiger partial charge < -0.3 is 15.7 Å². The molecule has 5 heteroatoms. The van der Waals surface area contributed by atoms with Gasteiger partial charge >= 0.3 is 12.0 Å². The average molecular weight is 222 g/mol. The van der Waals surface area contributed by atoms with Crippen molar-refractivity contribution >= 4 is 17.7 Å². The van der Waals surface area contributed by atoms with Crippen molar-refractivity contribution in [1.82, 2.24) is 5.32 Å². The summed E-state index contributed by atoms with van der Waals surface area (Å²) in [7, 11) is 0. The number of carboxylic acid groups (broad SMARTS) is 1. The number of carbonyl (C=O) groups excluding carboxylic acids is 1. The number of hydrogen-bond acceptors (Lipinski definition) is 2. The van der Waals surface area contributed by atoms with E-state index in [-0.39, 0.29) is 11.6 Å². The molecule has 0 unspecified atom stereocenters. The minimum atomic E-state index is -0.979. The van der Waals surface area contributed by atoms with Crippen molar-refractivity contribution in [3.05, 3.63) is 29.3 Å². The van der Waals surface area contributed by atoms with Gasteiger partial charge in [0.1, 0.15) is 0 Å². The Bertz CT molecular complexity index is 416. The van der Waals surface area contributed by atoms with Crippen LogP contribution in [-0.4, -0.2) is 23.7 Å². The van der Waals surface area contributed by atoms with Crippen LogP contribution in [0.15, 0.2) is 18.2 Å². The van der Waals surface area contributed by atoms with Gasteiger partial charge in [0.15, 0.2) is 0 Å². The number of anilines is 1. The molecule has 0 radical (unpaired) electrons. The van der Waals surface area contributed by atoms with Crippen LogP contribution >= 0.6 is 0 Å². The molecule has 0 aliphatic heterocycles. The number of carboxylic acids is 1. The highest BCUT2D eigenvalue weighted by Crippen LogP contribution is 2.16. The lowest BCUT2D eigenvalue weighted by molar-refractivity contribution is 0.0697. The third-order valence-corrected chi connectivity index (χ3v) is 2.06. The van der Waals surface area contributed by atoms with E-state index in [1.54, 1.807) is 13.0 Å². The first kappa shape index (κ1) is 12.0. The summed E-state index contributed by atoms with van der Waals surface area (Å²) in [5.74, 6) is -0.979. The van der Waals surface area contributed by atoms with E-state index in [1.165, 1.54) is 12.1 Å². The van der Waals surface area contributed by atoms with Gasteiger partial charge in [-0.25, -0.2) is 9.59 Å². The Morgan fingerprint density at radius 3 is 2.56 bits per heavy atom. The van der Waals surface area contributed by atoms with Crippen molar-refractivity contribution in [3.63, 3.8) is 0 Å². The Kier molecular flexibility index (Phi) is 3.88. The van der Waals surface area contributed by atoms with Crippen molar-refractivity contribution in [2.24, 2.45) is 0 Å². The van der Waals surface area contributed by atoms with E-state index < -0.39 is 5.97 Å². The van der Waals surface area contributed by atoms with Crippen molar-refractivity contribution in [2.75, 3.05) is 11.9 Å². The standard InChI is InChI=1S/C11H14N2O3/c1-3-12-11(16)13-9-5-4-8(10(14)15)6-7(9)2/h4-6H,3H2,1-2H3,(H,14,15)(H2,12,13,16). The lowest BCUT2D eigenvalue weighted by Crippen LogP contribution is -2.28. The van der Waals surface area contributed by atoms with Crippen molar-refractivity contribution < 1.29 is 14.7 Å². The minimum Gasteiger partial charge on any atom is -0.478 e. The fourth-order valence-corrected chi connectivity index (χ4v) is 1.26. The summed E-state index contributed by atoms with van der Waals surface area (Å²) < 4.78 is 0. The van der Waals surface area contributed by atoms with E-state index in [0.29, 0.717) is 17.8 Å².